The Bertz CT molecular complexity index is 1020. The van der Waals surface area contributed by atoms with E-state index in [1.165, 1.54) is 24.1 Å². The molecule has 2 rings (SSSR count). The van der Waals surface area contributed by atoms with Crippen LogP contribution in [0.15, 0.2) is 54.6 Å². The number of hydrogen-bond acceptors (Lipinski definition) is 6. The molecule has 10 heteroatoms. The van der Waals surface area contributed by atoms with E-state index < -0.39 is 34.0 Å². The van der Waals surface area contributed by atoms with Gasteiger partial charge in [0.2, 0.25) is 0 Å². The zero-order chi connectivity index (χ0) is 23.9. The van der Waals surface area contributed by atoms with E-state index in [9.17, 15) is 18.0 Å². The first-order chi connectivity index (χ1) is 14.9. The van der Waals surface area contributed by atoms with E-state index in [0.29, 0.717) is 5.56 Å². The zero-order valence-corrected chi connectivity index (χ0v) is 19.3. The smallest absolute Gasteiger partial charge is 0.411 e. The van der Waals surface area contributed by atoms with Crippen molar-refractivity contribution in [1.29, 1.82) is 0 Å². The summed E-state index contributed by atoms with van der Waals surface area (Å²) in [5.41, 5.74) is 0.831. The number of nitrogens with one attached hydrogen (secondary N) is 1. The van der Waals surface area contributed by atoms with Crippen LogP contribution in [0.5, 0.6) is 0 Å². The van der Waals surface area contributed by atoms with Gasteiger partial charge in [0.15, 0.2) is 0 Å². The molecule has 2 aromatic carbocycles. The highest BCUT2D eigenvalue weighted by atomic mass is 32.2. The second-order valence-corrected chi connectivity index (χ2v) is 9.27. The number of amides is 1. The highest BCUT2D eigenvalue weighted by Crippen LogP contribution is 2.20. The van der Waals surface area contributed by atoms with Crippen molar-refractivity contribution in [2.45, 2.75) is 45.4 Å². The molecule has 2 N–H and O–H groups in total. The van der Waals surface area contributed by atoms with Crippen molar-refractivity contribution in [3.05, 3.63) is 65.7 Å². The lowest BCUT2D eigenvalue weighted by molar-refractivity contribution is -0.147. The Morgan fingerprint density at radius 2 is 1.62 bits per heavy atom. The summed E-state index contributed by atoms with van der Waals surface area (Å²) in [7, 11) is -3.16. The van der Waals surface area contributed by atoms with Crippen molar-refractivity contribution >= 4 is 28.1 Å². The molecule has 0 aliphatic carbocycles. The average molecular weight is 465 g/mol. The van der Waals surface area contributed by atoms with E-state index in [2.05, 4.69) is 0 Å². The number of hydrogen-bond donors (Lipinski definition) is 2. The van der Waals surface area contributed by atoms with Gasteiger partial charge in [0.05, 0.1) is 12.8 Å². The van der Waals surface area contributed by atoms with E-state index in [4.69, 9.17) is 14.0 Å². The van der Waals surface area contributed by atoms with Crippen molar-refractivity contribution in [3.63, 3.8) is 0 Å². The van der Waals surface area contributed by atoms with Crippen LogP contribution >= 0.6 is 0 Å². The molecule has 1 amide bonds. The fourth-order valence-corrected chi connectivity index (χ4v) is 3.37. The summed E-state index contributed by atoms with van der Waals surface area (Å²) in [5, 5.41) is 0. The minimum absolute atomic E-state index is 0.102. The summed E-state index contributed by atoms with van der Waals surface area (Å²) in [4.78, 5) is 27.0. The molecule has 9 nitrogen and oxygen atoms in total. The van der Waals surface area contributed by atoms with Crippen LogP contribution in [0.25, 0.3) is 0 Å². The maximum absolute atomic E-state index is 13.0. The van der Waals surface area contributed by atoms with Crippen LogP contribution in [-0.2, 0) is 37.5 Å². The molecule has 0 aliphatic heterocycles. The van der Waals surface area contributed by atoms with Crippen molar-refractivity contribution < 1.29 is 32.0 Å². The average Bonchev–Trinajstić information content (AvgIpc) is 2.69. The summed E-state index contributed by atoms with van der Waals surface area (Å²) < 4.78 is 43.3. The summed E-state index contributed by atoms with van der Waals surface area (Å²) in [6.07, 6.45) is -0.563. The first-order valence-electron chi connectivity index (χ1n) is 9.83. The molecule has 0 spiro atoms. The van der Waals surface area contributed by atoms with Gasteiger partial charge < -0.3 is 9.47 Å². The highest BCUT2D eigenvalue weighted by Gasteiger charge is 2.34. The molecule has 1 atom stereocenters. The van der Waals surface area contributed by atoms with Crippen molar-refractivity contribution in [1.82, 2.24) is 4.90 Å². The third-order valence-corrected chi connectivity index (χ3v) is 4.80. The van der Waals surface area contributed by atoms with Crippen LogP contribution in [0, 0.1) is 0 Å². The van der Waals surface area contributed by atoms with Gasteiger partial charge in [-0.15, -0.1) is 0 Å². The van der Waals surface area contributed by atoms with E-state index in [0.717, 1.165) is 5.56 Å². The second-order valence-electron chi connectivity index (χ2n) is 8.11. The van der Waals surface area contributed by atoms with Gasteiger partial charge in [-0.2, -0.15) is 8.42 Å². The van der Waals surface area contributed by atoms with Gasteiger partial charge in [0.1, 0.15) is 11.6 Å². The Morgan fingerprint density at radius 1 is 1.03 bits per heavy atom. The third-order valence-electron chi connectivity index (χ3n) is 4.30. The molecule has 0 aliphatic rings. The number of rotatable bonds is 8. The third kappa shape index (κ3) is 8.20. The maximum atomic E-state index is 13.0. The Balaban J connectivity index is 2.35. The minimum atomic E-state index is -4.40. The monoisotopic (exact) mass is 464 g/mol. The molecule has 0 aromatic heterocycles. The molecule has 0 saturated carbocycles. The van der Waals surface area contributed by atoms with Crippen molar-refractivity contribution in [3.8, 4) is 0 Å². The Labute approximate surface area is 188 Å². The lowest BCUT2D eigenvalue weighted by atomic mass is 10.0. The number of carbonyl (C=O) groups is 2. The first kappa shape index (κ1) is 25.2. The molecule has 2 aromatic rings. The standard InChI is InChI=1S/C22H28N2O7S/c1-22(2,3)31-21(26)24(15-17-8-6-5-7-9-17)19(20(25)30-4)14-16-10-12-18(13-11-16)23-32(27,28)29/h5-13,19,23H,14-15H2,1-4H3,(H,27,28,29)/t19-/m0/s1. The molecule has 0 radical (unpaired) electrons. The second kappa shape index (κ2) is 10.5. The zero-order valence-electron chi connectivity index (χ0n) is 18.4. The lowest BCUT2D eigenvalue weighted by Gasteiger charge is -2.32. The Morgan fingerprint density at radius 3 is 2.12 bits per heavy atom. The van der Waals surface area contributed by atoms with E-state index in [1.807, 2.05) is 35.1 Å². The Kier molecular flexibility index (Phi) is 8.23. The largest absolute Gasteiger partial charge is 0.467 e. The number of carbonyl (C=O) groups excluding carboxylic acids is 2. The normalized spacial score (nSPS) is 12.5. The number of nitrogens with zero attached hydrogens (tertiary/aromatic N) is 1. The van der Waals surface area contributed by atoms with Gasteiger partial charge in [-0.25, -0.2) is 9.59 Å². The van der Waals surface area contributed by atoms with Crippen molar-refractivity contribution in [2.24, 2.45) is 0 Å². The topological polar surface area (TPSA) is 122 Å². The fraction of sp³-hybridized carbons (Fsp3) is 0.364. The van der Waals surface area contributed by atoms with Gasteiger partial charge in [0.25, 0.3) is 0 Å². The van der Waals surface area contributed by atoms with Crippen molar-refractivity contribution in [2.75, 3.05) is 11.8 Å². The van der Waals surface area contributed by atoms with Crippen LogP contribution in [0.3, 0.4) is 0 Å². The molecule has 0 fully saturated rings. The van der Waals surface area contributed by atoms with Gasteiger partial charge in [-0.05, 0) is 44.0 Å². The van der Waals surface area contributed by atoms with E-state index in [-0.39, 0.29) is 18.7 Å². The first-order valence-corrected chi connectivity index (χ1v) is 11.3. The predicted octanol–water partition coefficient (Wildman–Crippen LogP) is 3.42. The van der Waals surface area contributed by atoms with Crippen LogP contribution < -0.4 is 4.72 Å². The summed E-state index contributed by atoms with van der Waals surface area (Å²) >= 11 is 0. The van der Waals surface area contributed by atoms with E-state index >= 15 is 0 Å². The molecular formula is C22H28N2O7S. The molecule has 32 heavy (non-hydrogen) atoms. The van der Waals surface area contributed by atoms with E-state index in [1.54, 1.807) is 32.9 Å². The fourth-order valence-electron chi connectivity index (χ4n) is 2.94. The number of ether oxygens (including phenoxy) is 2. The number of esters is 1. The number of anilines is 1. The number of benzene rings is 2. The van der Waals surface area contributed by atoms with Crippen LogP contribution in [0.2, 0.25) is 0 Å². The highest BCUT2D eigenvalue weighted by molar-refractivity contribution is 7.87. The predicted molar refractivity (Wildman–Crippen MR) is 119 cm³/mol. The molecule has 0 bridgehead atoms. The summed E-state index contributed by atoms with van der Waals surface area (Å²) in [5.74, 6) is -0.619. The maximum Gasteiger partial charge on any atom is 0.411 e. The van der Waals surface area contributed by atoms with Gasteiger partial charge in [-0.1, -0.05) is 42.5 Å². The number of methoxy groups -OCH3 is 1. The molecule has 174 valence electrons. The SMILES string of the molecule is COC(=O)[C@H](Cc1ccc(NS(=O)(=O)O)cc1)N(Cc1ccccc1)C(=O)OC(C)(C)C. The quantitative estimate of drug-likeness (QED) is 0.453. The summed E-state index contributed by atoms with van der Waals surface area (Å²) in [6, 6.07) is 14.2. The van der Waals surface area contributed by atoms with Gasteiger partial charge in [-0.3, -0.25) is 14.2 Å². The van der Waals surface area contributed by atoms with Gasteiger partial charge in [0, 0.05) is 13.0 Å². The molecule has 0 unspecified atom stereocenters. The molecular weight excluding hydrogens is 436 g/mol. The Hall–Kier alpha value is -3.11. The van der Waals surface area contributed by atoms with Crippen LogP contribution in [0.1, 0.15) is 31.9 Å². The van der Waals surface area contributed by atoms with Gasteiger partial charge >= 0.3 is 22.4 Å². The molecule has 0 saturated heterocycles. The summed E-state index contributed by atoms with van der Waals surface area (Å²) in [6.45, 7) is 5.33. The van der Waals surface area contributed by atoms with Crippen LogP contribution in [0.4, 0.5) is 10.5 Å². The van der Waals surface area contributed by atoms with Crippen LogP contribution in [-0.4, -0.2) is 48.7 Å². The lowest BCUT2D eigenvalue weighted by Crippen LogP contribution is -2.48. The molecule has 0 heterocycles. The minimum Gasteiger partial charge on any atom is -0.467 e.